The van der Waals surface area contributed by atoms with Crippen molar-refractivity contribution in [2.75, 3.05) is 24.9 Å². The number of hydrogen-bond acceptors (Lipinski definition) is 8. The summed E-state index contributed by atoms with van der Waals surface area (Å²) >= 11 is 1.11. The van der Waals surface area contributed by atoms with Crippen LogP contribution in [0.15, 0.2) is 0 Å². The minimum atomic E-state index is -7.16. The van der Waals surface area contributed by atoms with Crippen molar-refractivity contribution < 1.29 is 63.8 Å². The van der Waals surface area contributed by atoms with Crippen molar-refractivity contribution in [3.8, 4) is 0 Å². The Hall–Kier alpha value is -3.28. The molecule has 46 heavy (non-hydrogen) atoms. The highest BCUT2D eigenvalue weighted by Crippen LogP contribution is 2.54. The number of carbonyl (C=O) groups is 4. The third-order valence-corrected chi connectivity index (χ3v) is 10.3. The number of thiophene rings is 2. The summed E-state index contributed by atoms with van der Waals surface area (Å²) in [7, 11) is 1.83. The zero-order valence-corrected chi connectivity index (χ0v) is 26.3. The number of rotatable bonds is 9. The van der Waals surface area contributed by atoms with E-state index in [1.165, 1.54) is 10.6 Å². The molecular weight excluding hydrogens is 676 g/mol. The Balaban J connectivity index is 1.63. The molecule has 2 atom stereocenters. The molecule has 8 nitrogen and oxygen atoms in total. The summed E-state index contributed by atoms with van der Waals surface area (Å²) in [6.45, 7) is 3.66. The Morgan fingerprint density at radius 3 is 1.28 bits per heavy atom. The van der Waals surface area contributed by atoms with E-state index in [1.54, 1.807) is 0 Å². The van der Waals surface area contributed by atoms with E-state index in [0.29, 0.717) is 58.1 Å². The number of methoxy groups -OCH3 is 2. The van der Waals surface area contributed by atoms with Crippen LogP contribution in [0.2, 0.25) is 0 Å². The fourth-order valence-electron chi connectivity index (χ4n) is 5.36. The zero-order chi connectivity index (χ0) is 34.6. The van der Waals surface area contributed by atoms with Crippen LogP contribution >= 0.6 is 22.7 Å². The molecule has 2 N–H and O–H groups in total. The quantitative estimate of drug-likeness (QED) is 0.221. The molecule has 0 saturated carbocycles. The molecular formula is C28H28F8N2O6S2. The molecule has 18 heteroatoms. The summed E-state index contributed by atoms with van der Waals surface area (Å²) in [4.78, 5) is 50.4. The van der Waals surface area contributed by atoms with Gasteiger partial charge in [0.05, 0.1) is 25.3 Å². The molecule has 0 fully saturated rings. The van der Waals surface area contributed by atoms with E-state index in [4.69, 9.17) is 0 Å². The summed E-state index contributed by atoms with van der Waals surface area (Å²) in [6, 6.07) is 0. The Morgan fingerprint density at radius 2 is 0.978 bits per heavy atom. The number of hydrogen-bond donors (Lipinski definition) is 2. The van der Waals surface area contributed by atoms with Gasteiger partial charge in [-0.25, -0.2) is 9.59 Å². The second kappa shape index (κ2) is 12.4. The first-order valence-electron chi connectivity index (χ1n) is 13.8. The SMILES string of the molecule is COC(=O)c1c(NC(=O)C(F)(F)C(F)(F)C(F)(F)C(F)(F)C(=O)Nc2sc3c(c2C(=O)OC)CCC(C)C3)sc2c1CCC(C)C2. The van der Waals surface area contributed by atoms with E-state index in [2.05, 4.69) is 9.47 Å². The van der Waals surface area contributed by atoms with Crippen molar-refractivity contribution in [1.82, 2.24) is 0 Å². The Labute approximate surface area is 264 Å². The molecule has 254 valence electrons. The van der Waals surface area contributed by atoms with Gasteiger partial charge < -0.3 is 20.1 Å². The van der Waals surface area contributed by atoms with E-state index in [1.807, 2.05) is 13.8 Å². The number of esters is 2. The van der Waals surface area contributed by atoms with Crippen LogP contribution in [0.1, 0.15) is 68.3 Å². The predicted molar refractivity (Wildman–Crippen MR) is 151 cm³/mol. The molecule has 0 radical (unpaired) electrons. The Kier molecular flexibility index (Phi) is 9.58. The van der Waals surface area contributed by atoms with Gasteiger partial charge in [0, 0.05) is 9.75 Å². The lowest BCUT2D eigenvalue weighted by Crippen LogP contribution is -2.67. The summed E-state index contributed by atoms with van der Waals surface area (Å²) in [5.41, 5.74) is -0.338. The maximum absolute atomic E-state index is 14.9. The highest BCUT2D eigenvalue weighted by molar-refractivity contribution is 7.17. The highest BCUT2D eigenvalue weighted by atomic mass is 32.1. The molecule has 0 aliphatic heterocycles. The summed E-state index contributed by atoms with van der Waals surface area (Å²) < 4.78 is 128. The number of ether oxygens (including phenoxy) is 2. The van der Waals surface area contributed by atoms with Gasteiger partial charge in [-0.15, -0.1) is 22.7 Å². The van der Waals surface area contributed by atoms with E-state index in [9.17, 15) is 54.3 Å². The van der Waals surface area contributed by atoms with Crippen LogP contribution in [0.3, 0.4) is 0 Å². The van der Waals surface area contributed by atoms with Gasteiger partial charge in [-0.05, 0) is 61.5 Å². The van der Waals surface area contributed by atoms with E-state index in [-0.39, 0.29) is 35.8 Å². The smallest absolute Gasteiger partial charge is 0.393 e. The van der Waals surface area contributed by atoms with Gasteiger partial charge in [-0.2, -0.15) is 35.1 Å². The van der Waals surface area contributed by atoms with Crippen LogP contribution in [-0.2, 0) is 44.7 Å². The fourth-order valence-corrected chi connectivity index (χ4v) is 8.14. The van der Waals surface area contributed by atoms with Gasteiger partial charge in [0.25, 0.3) is 0 Å². The number of alkyl halides is 8. The standard InChI is InChI=1S/C28H28F8N2O6S2/c1-11-5-7-13-15(9-11)45-19(17(13)21(39)43-3)37-23(41)25(29,30)27(33,34)28(35,36)26(31,32)24(42)38-20-18(22(40)44-4)14-8-6-12(2)10-16(14)46-20/h11-12H,5-10H2,1-4H3,(H,37,41)(H,38,42). The second-order valence-electron chi connectivity index (χ2n) is 11.3. The molecule has 2 heterocycles. The van der Waals surface area contributed by atoms with Crippen molar-refractivity contribution >= 4 is 56.4 Å². The van der Waals surface area contributed by atoms with Gasteiger partial charge in [0.15, 0.2) is 0 Å². The lowest BCUT2D eigenvalue weighted by atomic mass is 9.88. The average molecular weight is 705 g/mol. The van der Waals surface area contributed by atoms with Crippen molar-refractivity contribution in [1.29, 1.82) is 0 Å². The van der Waals surface area contributed by atoms with Gasteiger partial charge in [-0.1, -0.05) is 13.8 Å². The summed E-state index contributed by atoms with van der Waals surface area (Å²) in [5.74, 6) is -35.8. The summed E-state index contributed by atoms with van der Waals surface area (Å²) in [6.07, 6.45) is 2.15. The Bertz CT molecular complexity index is 1460. The molecule has 0 saturated heterocycles. The monoisotopic (exact) mass is 704 g/mol. The molecule has 0 aromatic carbocycles. The molecule has 0 bridgehead atoms. The maximum Gasteiger partial charge on any atom is 0.393 e. The fraction of sp³-hybridized carbons (Fsp3) is 0.571. The molecule has 2 amide bonds. The lowest BCUT2D eigenvalue weighted by Gasteiger charge is -2.35. The third kappa shape index (κ3) is 5.75. The zero-order valence-electron chi connectivity index (χ0n) is 24.7. The number of fused-ring (bicyclic) bond motifs is 2. The van der Waals surface area contributed by atoms with Gasteiger partial charge in [-0.3, -0.25) is 9.59 Å². The number of anilines is 2. The minimum Gasteiger partial charge on any atom is -0.465 e. The third-order valence-electron chi connectivity index (χ3n) is 8.01. The van der Waals surface area contributed by atoms with E-state index in [0.717, 1.165) is 14.2 Å². The van der Waals surface area contributed by atoms with Crippen LogP contribution in [0, 0.1) is 11.8 Å². The topological polar surface area (TPSA) is 111 Å². The van der Waals surface area contributed by atoms with E-state index >= 15 is 0 Å². The van der Waals surface area contributed by atoms with E-state index < -0.39 is 68.6 Å². The molecule has 2 aliphatic rings. The van der Waals surface area contributed by atoms with Crippen molar-refractivity contribution in [2.45, 2.75) is 76.1 Å². The van der Waals surface area contributed by atoms with Crippen LogP contribution in [0.4, 0.5) is 45.1 Å². The molecule has 2 unspecified atom stereocenters. The van der Waals surface area contributed by atoms with Crippen molar-refractivity contribution in [3.63, 3.8) is 0 Å². The van der Waals surface area contributed by atoms with Crippen molar-refractivity contribution in [3.05, 3.63) is 32.0 Å². The normalized spacial score (nSPS) is 18.7. The van der Waals surface area contributed by atoms with Gasteiger partial charge in [0.1, 0.15) is 10.0 Å². The summed E-state index contributed by atoms with van der Waals surface area (Å²) in [5, 5.41) is 1.20. The van der Waals surface area contributed by atoms with Crippen LogP contribution in [-0.4, -0.2) is 61.7 Å². The van der Waals surface area contributed by atoms with Crippen molar-refractivity contribution in [2.24, 2.45) is 11.8 Å². The molecule has 0 spiro atoms. The predicted octanol–water partition coefficient (Wildman–Crippen LogP) is 6.75. The first kappa shape index (κ1) is 35.6. The van der Waals surface area contributed by atoms with Crippen LogP contribution in [0.25, 0.3) is 0 Å². The highest BCUT2D eigenvalue weighted by Gasteiger charge is 2.84. The maximum atomic E-state index is 14.9. The molecule has 2 aromatic rings. The number of halogens is 8. The van der Waals surface area contributed by atoms with Crippen LogP contribution in [0.5, 0.6) is 0 Å². The molecule has 2 aliphatic carbocycles. The second-order valence-corrected chi connectivity index (χ2v) is 13.5. The first-order chi connectivity index (χ1) is 21.2. The molecule has 2 aromatic heterocycles. The molecule has 4 rings (SSSR count). The average Bonchev–Trinajstić information content (AvgIpc) is 3.51. The lowest BCUT2D eigenvalue weighted by molar-refractivity contribution is -0.345. The number of amides is 2. The van der Waals surface area contributed by atoms with Crippen LogP contribution < -0.4 is 10.6 Å². The largest absolute Gasteiger partial charge is 0.465 e. The minimum absolute atomic E-state index is 0.0601. The number of carbonyl (C=O) groups excluding carboxylic acids is 4. The Morgan fingerprint density at radius 1 is 0.652 bits per heavy atom. The first-order valence-corrected chi connectivity index (χ1v) is 15.5. The van der Waals surface area contributed by atoms with Gasteiger partial charge in [0.2, 0.25) is 0 Å². The number of nitrogens with one attached hydrogen (secondary N) is 2. The van der Waals surface area contributed by atoms with Gasteiger partial charge >= 0.3 is 47.4 Å².